The molecule has 0 saturated heterocycles. The fourth-order valence-corrected chi connectivity index (χ4v) is 5.43. The molecule has 3 aliphatic carbocycles. The van der Waals surface area contributed by atoms with Gasteiger partial charge in [0.1, 0.15) is 5.78 Å². The Morgan fingerprint density at radius 3 is 2.41 bits per heavy atom. The molecule has 1 N–H and O–H groups in total. The first-order valence-corrected chi connectivity index (χ1v) is 6.90. The zero-order chi connectivity index (χ0) is 12.6. The van der Waals surface area contributed by atoms with Gasteiger partial charge in [-0.1, -0.05) is 27.7 Å². The molecule has 0 aromatic rings. The van der Waals surface area contributed by atoms with E-state index >= 15 is 0 Å². The van der Waals surface area contributed by atoms with E-state index in [0.29, 0.717) is 11.7 Å². The molecule has 17 heavy (non-hydrogen) atoms. The van der Waals surface area contributed by atoms with Gasteiger partial charge in [-0.3, -0.25) is 4.79 Å². The van der Waals surface area contributed by atoms with E-state index in [9.17, 15) is 9.90 Å². The Morgan fingerprint density at radius 2 is 1.76 bits per heavy atom. The zero-order valence-corrected chi connectivity index (χ0v) is 11.4. The maximum Gasteiger partial charge on any atom is 0.137 e. The van der Waals surface area contributed by atoms with Crippen molar-refractivity contribution in [3.8, 4) is 0 Å². The molecule has 3 rings (SSSR count). The normalized spacial score (nSPS) is 56.1. The summed E-state index contributed by atoms with van der Waals surface area (Å²) in [5.74, 6) is 1.16. The number of aliphatic hydroxyl groups excluding tert-OH is 1. The molecule has 3 fully saturated rings. The zero-order valence-electron chi connectivity index (χ0n) is 11.4. The van der Waals surface area contributed by atoms with Crippen molar-refractivity contribution in [1.82, 2.24) is 0 Å². The summed E-state index contributed by atoms with van der Waals surface area (Å²) in [6.45, 7) is 9.01. The molecule has 3 aliphatic rings. The van der Waals surface area contributed by atoms with Gasteiger partial charge in [0.25, 0.3) is 0 Å². The summed E-state index contributed by atoms with van der Waals surface area (Å²) < 4.78 is 0. The van der Waals surface area contributed by atoms with E-state index in [1.807, 2.05) is 0 Å². The lowest BCUT2D eigenvalue weighted by Crippen LogP contribution is -2.36. The van der Waals surface area contributed by atoms with Crippen molar-refractivity contribution in [2.24, 2.45) is 28.1 Å². The highest BCUT2D eigenvalue weighted by atomic mass is 16.3. The molecule has 0 radical (unpaired) electrons. The highest BCUT2D eigenvalue weighted by Crippen LogP contribution is 2.72. The van der Waals surface area contributed by atoms with Gasteiger partial charge in [0.15, 0.2) is 0 Å². The second kappa shape index (κ2) is 2.96. The SMILES string of the molecule is CC1(C)CC(O)C[C@@]2(C)[C@@H]3C(=O)C[C@@]2(C)C[C@@H]31. The van der Waals surface area contributed by atoms with E-state index in [0.717, 1.165) is 19.3 Å². The number of ketones is 1. The first-order valence-electron chi connectivity index (χ1n) is 6.90. The van der Waals surface area contributed by atoms with Gasteiger partial charge in [0, 0.05) is 12.3 Å². The topological polar surface area (TPSA) is 37.3 Å². The van der Waals surface area contributed by atoms with Crippen LogP contribution >= 0.6 is 0 Å². The fraction of sp³-hybridized carbons (Fsp3) is 0.933. The van der Waals surface area contributed by atoms with Crippen LogP contribution in [0.5, 0.6) is 0 Å². The highest BCUT2D eigenvalue weighted by Gasteiger charge is 2.70. The lowest BCUT2D eigenvalue weighted by molar-refractivity contribution is -0.126. The van der Waals surface area contributed by atoms with Gasteiger partial charge in [0.2, 0.25) is 0 Å². The van der Waals surface area contributed by atoms with Crippen molar-refractivity contribution >= 4 is 5.78 Å². The third-order valence-corrected chi connectivity index (χ3v) is 6.47. The average Bonchev–Trinajstić information content (AvgIpc) is 2.40. The van der Waals surface area contributed by atoms with Gasteiger partial charge in [-0.25, -0.2) is 0 Å². The van der Waals surface area contributed by atoms with Crippen LogP contribution < -0.4 is 0 Å². The number of hydrogen-bond acceptors (Lipinski definition) is 2. The Bertz CT molecular complexity index is 386. The van der Waals surface area contributed by atoms with Gasteiger partial charge >= 0.3 is 0 Å². The third kappa shape index (κ3) is 1.23. The fourth-order valence-electron chi connectivity index (χ4n) is 5.43. The Labute approximate surface area is 104 Å². The standard InChI is InChI=1S/C15H24O2/c1-13(2)5-9(16)6-15(4)12-10(13)7-14(15,3)8-11(12)17/h9-10,12,16H,5-8H2,1-4H3/t9?,10-,12-,14+,15-/m0/s1. The molecule has 0 aromatic carbocycles. The number of rotatable bonds is 0. The minimum atomic E-state index is -0.229. The number of carbonyl (C=O) groups is 1. The summed E-state index contributed by atoms with van der Waals surface area (Å²) in [5, 5.41) is 10.3. The molecule has 0 amide bonds. The van der Waals surface area contributed by atoms with Crippen molar-refractivity contribution in [3.63, 3.8) is 0 Å². The predicted molar refractivity (Wildman–Crippen MR) is 66.5 cm³/mol. The largest absolute Gasteiger partial charge is 0.393 e. The van der Waals surface area contributed by atoms with Crippen molar-refractivity contribution < 1.29 is 9.90 Å². The van der Waals surface area contributed by atoms with Crippen LogP contribution in [0.2, 0.25) is 0 Å². The van der Waals surface area contributed by atoms with Crippen molar-refractivity contribution in [3.05, 3.63) is 0 Å². The number of hydrogen-bond donors (Lipinski definition) is 1. The van der Waals surface area contributed by atoms with Crippen molar-refractivity contribution in [1.29, 1.82) is 0 Å². The predicted octanol–water partition coefficient (Wildman–Crippen LogP) is 2.79. The Kier molecular flexibility index (Phi) is 2.04. The lowest BCUT2D eigenvalue weighted by Gasteiger charge is -2.41. The Hall–Kier alpha value is -0.370. The summed E-state index contributed by atoms with van der Waals surface area (Å²) in [4.78, 5) is 12.3. The van der Waals surface area contributed by atoms with Gasteiger partial charge in [0.05, 0.1) is 6.10 Å². The third-order valence-electron chi connectivity index (χ3n) is 6.47. The molecule has 0 heterocycles. The van der Waals surface area contributed by atoms with Crippen LogP contribution in [0.3, 0.4) is 0 Å². The summed E-state index contributed by atoms with van der Waals surface area (Å²) in [5.41, 5.74) is 0.287. The number of aliphatic hydroxyl groups is 1. The molecular weight excluding hydrogens is 212 g/mol. The van der Waals surface area contributed by atoms with Gasteiger partial charge in [-0.05, 0) is 41.4 Å². The van der Waals surface area contributed by atoms with E-state index in [-0.39, 0.29) is 28.3 Å². The molecule has 0 spiro atoms. The van der Waals surface area contributed by atoms with Crippen LogP contribution in [0.25, 0.3) is 0 Å². The van der Waals surface area contributed by atoms with Crippen molar-refractivity contribution in [2.75, 3.05) is 0 Å². The van der Waals surface area contributed by atoms with E-state index in [1.165, 1.54) is 6.42 Å². The Morgan fingerprint density at radius 1 is 1.12 bits per heavy atom. The molecule has 3 saturated carbocycles. The number of Topliss-reactive ketones (excluding diaryl/α,β-unsaturated/α-hetero) is 1. The van der Waals surface area contributed by atoms with Gasteiger partial charge < -0.3 is 5.11 Å². The van der Waals surface area contributed by atoms with E-state index in [2.05, 4.69) is 27.7 Å². The first kappa shape index (κ1) is 11.7. The van der Waals surface area contributed by atoms with Gasteiger partial charge in [-0.2, -0.15) is 0 Å². The molecule has 0 aliphatic heterocycles. The monoisotopic (exact) mass is 236 g/mol. The summed E-state index contributed by atoms with van der Waals surface area (Å²) in [7, 11) is 0. The Balaban J connectivity index is 2.14. The molecule has 4 bridgehead atoms. The van der Waals surface area contributed by atoms with E-state index in [1.54, 1.807) is 0 Å². The minimum absolute atomic E-state index is 0.0436. The molecule has 0 aromatic heterocycles. The molecule has 96 valence electrons. The molecule has 5 atom stereocenters. The van der Waals surface area contributed by atoms with Crippen LogP contribution in [0, 0.1) is 28.1 Å². The van der Waals surface area contributed by atoms with Crippen LogP contribution in [0.4, 0.5) is 0 Å². The second-order valence-electron chi connectivity index (χ2n) is 7.96. The minimum Gasteiger partial charge on any atom is -0.393 e. The van der Waals surface area contributed by atoms with E-state index < -0.39 is 0 Å². The number of carbonyl (C=O) groups excluding carboxylic acids is 1. The maximum absolute atomic E-state index is 12.3. The molecule has 2 nitrogen and oxygen atoms in total. The average molecular weight is 236 g/mol. The summed E-state index contributed by atoms with van der Waals surface area (Å²) >= 11 is 0. The van der Waals surface area contributed by atoms with Crippen molar-refractivity contribution in [2.45, 2.75) is 59.5 Å². The molecular formula is C15H24O2. The second-order valence-corrected chi connectivity index (χ2v) is 7.96. The molecule has 1 unspecified atom stereocenters. The van der Waals surface area contributed by atoms with Crippen LogP contribution in [-0.4, -0.2) is 17.0 Å². The van der Waals surface area contributed by atoms with Crippen LogP contribution in [-0.2, 0) is 4.79 Å². The first-order chi connectivity index (χ1) is 7.70. The smallest absolute Gasteiger partial charge is 0.137 e. The lowest BCUT2D eigenvalue weighted by atomic mass is 9.64. The van der Waals surface area contributed by atoms with Crippen LogP contribution in [0.1, 0.15) is 53.4 Å². The molecule has 2 heteroatoms. The quantitative estimate of drug-likeness (QED) is 0.702. The van der Waals surface area contributed by atoms with Gasteiger partial charge in [-0.15, -0.1) is 0 Å². The van der Waals surface area contributed by atoms with E-state index in [4.69, 9.17) is 0 Å². The maximum atomic E-state index is 12.3. The summed E-state index contributed by atoms with van der Waals surface area (Å²) in [6.07, 6.45) is 3.37. The summed E-state index contributed by atoms with van der Waals surface area (Å²) in [6, 6.07) is 0. The highest BCUT2D eigenvalue weighted by molar-refractivity contribution is 5.87. The van der Waals surface area contributed by atoms with Crippen LogP contribution in [0.15, 0.2) is 0 Å².